The van der Waals surface area contributed by atoms with E-state index < -0.39 is 0 Å². The van der Waals surface area contributed by atoms with Crippen LogP contribution in [0.15, 0.2) is 18.2 Å². The fourth-order valence-electron chi connectivity index (χ4n) is 1.47. The van der Waals surface area contributed by atoms with Gasteiger partial charge in [0.2, 0.25) is 5.91 Å². The summed E-state index contributed by atoms with van der Waals surface area (Å²) in [5.41, 5.74) is 6.72. The van der Waals surface area contributed by atoms with Gasteiger partial charge in [-0.15, -0.1) is 0 Å². The highest BCUT2D eigenvalue weighted by Crippen LogP contribution is 2.22. The molecule has 1 aromatic rings. The molecule has 1 saturated heterocycles. The summed E-state index contributed by atoms with van der Waals surface area (Å²) in [5.74, 6) is -0.114. The first-order chi connectivity index (χ1) is 8.65. The van der Waals surface area contributed by atoms with Crippen LogP contribution >= 0.6 is 11.6 Å². The minimum absolute atomic E-state index is 0.114. The van der Waals surface area contributed by atoms with Crippen LogP contribution in [0, 0.1) is 0 Å². The Labute approximate surface area is 110 Å². The second-order valence-electron chi connectivity index (χ2n) is 4.06. The number of rotatable bonds is 5. The average Bonchev–Trinajstić information content (AvgIpc) is 2.27. The number of halogens is 1. The number of nitrogen functional groups attached to an aromatic ring is 1. The molecule has 0 aliphatic carbocycles. The van der Waals surface area contributed by atoms with Gasteiger partial charge in [-0.05, 0) is 18.2 Å². The highest BCUT2D eigenvalue weighted by Gasteiger charge is 2.18. The van der Waals surface area contributed by atoms with E-state index in [9.17, 15) is 4.79 Å². The van der Waals surface area contributed by atoms with Crippen molar-refractivity contribution in [3.63, 3.8) is 0 Å². The van der Waals surface area contributed by atoms with Gasteiger partial charge in [-0.3, -0.25) is 4.79 Å². The summed E-state index contributed by atoms with van der Waals surface area (Å²) in [6.45, 7) is 1.63. The van der Waals surface area contributed by atoms with Crippen molar-refractivity contribution < 1.29 is 14.3 Å². The smallest absolute Gasteiger partial charge is 0.226 e. The van der Waals surface area contributed by atoms with Crippen LogP contribution in [0.3, 0.4) is 0 Å². The molecule has 1 aliphatic rings. The van der Waals surface area contributed by atoms with E-state index >= 15 is 0 Å². The van der Waals surface area contributed by atoms with Gasteiger partial charge in [0, 0.05) is 5.69 Å². The Balaban J connectivity index is 1.73. The van der Waals surface area contributed by atoms with Crippen LogP contribution in [0.25, 0.3) is 0 Å². The van der Waals surface area contributed by atoms with Crippen molar-refractivity contribution >= 4 is 28.9 Å². The Morgan fingerprint density at radius 1 is 1.56 bits per heavy atom. The molecule has 1 aliphatic heterocycles. The lowest BCUT2D eigenvalue weighted by molar-refractivity contribution is -0.135. The van der Waals surface area contributed by atoms with Crippen molar-refractivity contribution in [1.29, 1.82) is 0 Å². The summed E-state index contributed by atoms with van der Waals surface area (Å²) in [6, 6.07) is 4.98. The zero-order valence-electron chi connectivity index (χ0n) is 9.82. The van der Waals surface area contributed by atoms with Gasteiger partial charge in [0.1, 0.15) is 6.10 Å². The van der Waals surface area contributed by atoms with Crippen molar-refractivity contribution in [2.75, 3.05) is 30.9 Å². The van der Waals surface area contributed by atoms with Crippen LogP contribution < -0.4 is 11.1 Å². The summed E-state index contributed by atoms with van der Waals surface area (Å²) in [6.07, 6.45) is 0.447. The van der Waals surface area contributed by atoms with Gasteiger partial charge in [0.05, 0.1) is 37.0 Å². The normalized spacial score (nSPS) is 15.2. The topological polar surface area (TPSA) is 73.6 Å². The quantitative estimate of drug-likeness (QED) is 0.798. The third-order valence-corrected chi connectivity index (χ3v) is 2.91. The molecule has 3 N–H and O–H groups in total. The van der Waals surface area contributed by atoms with Crippen molar-refractivity contribution in [3.05, 3.63) is 23.2 Å². The molecule has 5 nitrogen and oxygen atoms in total. The number of anilines is 2. The molecule has 0 radical (unpaired) electrons. The standard InChI is InChI=1S/C12H15ClN2O3/c13-10-2-1-8(5-11(10)14)15-12(16)3-4-18-9-6-17-7-9/h1-2,5,9H,3-4,6-7,14H2,(H,15,16). The fourth-order valence-corrected chi connectivity index (χ4v) is 1.59. The number of hydrogen-bond donors (Lipinski definition) is 2. The average molecular weight is 271 g/mol. The molecule has 0 aromatic heterocycles. The Morgan fingerprint density at radius 3 is 2.94 bits per heavy atom. The van der Waals surface area contributed by atoms with E-state index in [4.69, 9.17) is 26.8 Å². The SMILES string of the molecule is Nc1cc(NC(=O)CCOC2COC2)ccc1Cl. The number of carbonyl (C=O) groups is 1. The van der Waals surface area contributed by atoms with Gasteiger partial charge < -0.3 is 20.5 Å². The number of carbonyl (C=O) groups excluding carboxylic acids is 1. The Kier molecular flexibility index (Phi) is 4.41. The number of hydrogen-bond acceptors (Lipinski definition) is 4. The molecule has 1 heterocycles. The van der Waals surface area contributed by atoms with E-state index in [0.29, 0.717) is 42.6 Å². The molecule has 0 atom stereocenters. The minimum Gasteiger partial charge on any atom is -0.397 e. The van der Waals surface area contributed by atoms with Gasteiger partial charge in [-0.1, -0.05) is 11.6 Å². The zero-order valence-corrected chi connectivity index (χ0v) is 10.6. The van der Waals surface area contributed by atoms with Crippen LogP contribution in [0.4, 0.5) is 11.4 Å². The monoisotopic (exact) mass is 270 g/mol. The lowest BCUT2D eigenvalue weighted by atomic mass is 10.2. The molecule has 6 heteroatoms. The first-order valence-electron chi connectivity index (χ1n) is 5.69. The van der Waals surface area contributed by atoms with Gasteiger partial charge in [-0.25, -0.2) is 0 Å². The Hall–Kier alpha value is -1.30. The molecule has 0 bridgehead atoms. The molecular formula is C12H15ClN2O3. The van der Waals surface area contributed by atoms with E-state index in [2.05, 4.69) is 5.32 Å². The van der Waals surface area contributed by atoms with Crippen LogP contribution in [-0.2, 0) is 14.3 Å². The molecule has 0 unspecified atom stereocenters. The number of nitrogens with one attached hydrogen (secondary N) is 1. The van der Waals surface area contributed by atoms with Crippen LogP contribution in [-0.4, -0.2) is 31.8 Å². The maximum atomic E-state index is 11.6. The van der Waals surface area contributed by atoms with Gasteiger partial charge in [0.15, 0.2) is 0 Å². The minimum atomic E-state index is -0.114. The summed E-state index contributed by atoms with van der Waals surface area (Å²) < 4.78 is 10.4. The largest absolute Gasteiger partial charge is 0.397 e. The highest BCUT2D eigenvalue weighted by molar-refractivity contribution is 6.33. The highest BCUT2D eigenvalue weighted by atomic mass is 35.5. The predicted molar refractivity (Wildman–Crippen MR) is 69.7 cm³/mol. The summed E-state index contributed by atoms with van der Waals surface area (Å²) in [5, 5.41) is 3.20. The number of nitrogens with two attached hydrogens (primary N) is 1. The number of amides is 1. The molecule has 1 aromatic carbocycles. The third-order valence-electron chi connectivity index (χ3n) is 2.57. The van der Waals surface area contributed by atoms with E-state index in [1.807, 2.05) is 0 Å². The molecule has 1 amide bonds. The molecule has 2 rings (SSSR count). The number of benzene rings is 1. The maximum absolute atomic E-state index is 11.6. The molecule has 18 heavy (non-hydrogen) atoms. The van der Waals surface area contributed by atoms with Gasteiger partial charge >= 0.3 is 0 Å². The second kappa shape index (κ2) is 6.04. The van der Waals surface area contributed by atoms with Gasteiger partial charge in [-0.2, -0.15) is 0 Å². The fraction of sp³-hybridized carbons (Fsp3) is 0.417. The Bertz CT molecular complexity index is 435. The van der Waals surface area contributed by atoms with E-state index in [1.165, 1.54) is 0 Å². The van der Waals surface area contributed by atoms with Gasteiger partial charge in [0.25, 0.3) is 0 Å². The molecule has 1 fully saturated rings. The van der Waals surface area contributed by atoms with E-state index in [0.717, 1.165) is 0 Å². The van der Waals surface area contributed by atoms with Crippen LogP contribution in [0.1, 0.15) is 6.42 Å². The summed E-state index contributed by atoms with van der Waals surface area (Å²) >= 11 is 5.79. The van der Waals surface area contributed by atoms with E-state index in [-0.39, 0.29) is 12.0 Å². The molecule has 0 spiro atoms. The van der Waals surface area contributed by atoms with E-state index in [1.54, 1.807) is 18.2 Å². The summed E-state index contributed by atoms with van der Waals surface area (Å²) in [7, 11) is 0. The zero-order chi connectivity index (χ0) is 13.0. The first kappa shape index (κ1) is 13.1. The first-order valence-corrected chi connectivity index (χ1v) is 6.07. The lowest BCUT2D eigenvalue weighted by Gasteiger charge is -2.25. The summed E-state index contributed by atoms with van der Waals surface area (Å²) in [4.78, 5) is 11.6. The molecule has 98 valence electrons. The van der Waals surface area contributed by atoms with Crippen LogP contribution in [0.2, 0.25) is 5.02 Å². The van der Waals surface area contributed by atoms with Crippen molar-refractivity contribution in [2.45, 2.75) is 12.5 Å². The Morgan fingerprint density at radius 2 is 2.33 bits per heavy atom. The molecule has 0 saturated carbocycles. The predicted octanol–water partition coefficient (Wildman–Crippen LogP) is 1.67. The van der Waals surface area contributed by atoms with Crippen LogP contribution in [0.5, 0.6) is 0 Å². The maximum Gasteiger partial charge on any atom is 0.226 e. The van der Waals surface area contributed by atoms with Crippen molar-refractivity contribution in [3.8, 4) is 0 Å². The second-order valence-corrected chi connectivity index (χ2v) is 4.47. The number of ether oxygens (including phenoxy) is 2. The van der Waals surface area contributed by atoms with Crippen molar-refractivity contribution in [1.82, 2.24) is 0 Å². The molecular weight excluding hydrogens is 256 g/mol. The van der Waals surface area contributed by atoms with Crippen molar-refractivity contribution in [2.24, 2.45) is 0 Å². The third kappa shape index (κ3) is 3.60. The lowest BCUT2D eigenvalue weighted by Crippen LogP contribution is -2.36.